The highest BCUT2D eigenvalue weighted by atomic mass is 16.6. The molecule has 0 radical (unpaired) electrons. The number of ether oxygens (including phenoxy) is 1. The lowest BCUT2D eigenvalue weighted by atomic mass is 10.2. The number of amides is 1. The van der Waals surface area contributed by atoms with E-state index in [4.69, 9.17) is 4.74 Å². The number of nitrogens with one attached hydrogen (secondary N) is 2. The first-order valence-electron chi connectivity index (χ1n) is 6.01. The molecular formula is C14H19N3O2. The van der Waals surface area contributed by atoms with Gasteiger partial charge >= 0.3 is 6.09 Å². The number of alkyl carbamates (subject to hydrolysis) is 1. The first kappa shape index (κ1) is 14.8. The molecule has 0 aliphatic carbocycles. The fourth-order valence-corrected chi connectivity index (χ4v) is 1.21. The molecule has 1 aromatic rings. The van der Waals surface area contributed by atoms with Crippen LogP contribution in [0.1, 0.15) is 26.5 Å². The second-order valence-electron chi connectivity index (χ2n) is 4.82. The predicted octanol–water partition coefficient (Wildman–Crippen LogP) is 2.00. The van der Waals surface area contributed by atoms with E-state index in [2.05, 4.69) is 27.5 Å². The van der Waals surface area contributed by atoms with E-state index in [1.165, 1.54) is 0 Å². The second kappa shape index (κ2) is 6.64. The van der Waals surface area contributed by atoms with Gasteiger partial charge in [0.05, 0.1) is 6.54 Å². The Morgan fingerprint density at radius 3 is 2.79 bits per heavy atom. The van der Waals surface area contributed by atoms with Gasteiger partial charge in [-0.1, -0.05) is 12.0 Å². The fraction of sp³-hybridized carbons (Fsp3) is 0.429. The third-order valence-electron chi connectivity index (χ3n) is 1.94. The van der Waals surface area contributed by atoms with Gasteiger partial charge in [0.1, 0.15) is 17.1 Å². The Morgan fingerprint density at radius 1 is 1.42 bits per heavy atom. The molecule has 1 amide bonds. The molecule has 0 aliphatic heterocycles. The van der Waals surface area contributed by atoms with Gasteiger partial charge in [0, 0.05) is 7.05 Å². The van der Waals surface area contributed by atoms with Crippen molar-refractivity contribution in [3.05, 3.63) is 23.9 Å². The van der Waals surface area contributed by atoms with Crippen LogP contribution >= 0.6 is 0 Å². The van der Waals surface area contributed by atoms with Gasteiger partial charge in [0.25, 0.3) is 0 Å². The van der Waals surface area contributed by atoms with Gasteiger partial charge in [0.15, 0.2) is 0 Å². The lowest BCUT2D eigenvalue weighted by Gasteiger charge is -2.18. The van der Waals surface area contributed by atoms with E-state index in [9.17, 15) is 4.79 Å². The fourth-order valence-electron chi connectivity index (χ4n) is 1.21. The van der Waals surface area contributed by atoms with Crippen molar-refractivity contribution in [3.8, 4) is 11.8 Å². The Hall–Kier alpha value is -2.22. The number of hydrogen-bond donors (Lipinski definition) is 2. The molecule has 0 aliphatic rings. The van der Waals surface area contributed by atoms with Crippen molar-refractivity contribution >= 4 is 11.9 Å². The summed E-state index contributed by atoms with van der Waals surface area (Å²) >= 11 is 0. The van der Waals surface area contributed by atoms with Gasteiger partial charge in [0.2, 0.25) is 0 Å². The van der Waals surface area contributed by atoms with E-state index >= 15 is 0 Å². The quantitative estimate of drug-likeness (QED) is 0.799. The smallest absolute Gasteiger partial charge is 0.408 e. The van der Waals surface area contributed by atoms with E-state index < -0.39 is 11.7 Å². The molecule has 0 spiro atoms. The monoisotopic (exact) mass is 261 g/mol. The van der Waals surface area contributed by atoms with Crippen LogP contribution in [0.3, 0.4) is 0 Å². The van der Waals surface area contributed by atoms with E-state index in [0.717, 1.165) is 5.82 Å². The number of pyridine rings is 1. The Labute approximate surface area is 113 Å². The first-order chi connectivity index (χ1) is 8.90. The zero-order valence-corrected chi connectivity index (χ0v) is 11.7. The van der Waals surface area contributed by atoms with Crippen LogP contribution in [0, 0.1) is 11.8 Å². The van der Waals surface area contributed by atoms with Gasteiger partial charge in [-0.15, -0.1) is 0 Å². The van der Waals surface area contributed by atoms with Gasteiger partial charge in [-0.05, 0) is 38.8 Å². The summed E-state index contributed by atoms with van der Waals surface area (Å²) in [7, 11) is 1.80. The maximum atomic E-state index is 11.3. The number of aromatic nitrogens is 1. The van der Waals surface area contributed by atoms with Crippen molar-refractivity contribution in [1.29, 1.82) is 0 Å². The maximum Gasteiger partial charge on any atom is 0.408 e. The molecule has 0 fully saturated rings. The highest BCUT2D eigenvalue weighted by molar-refractivity contribution is 5.68. The van der Waals surface area contributed by atoms with Gasteiger partial charge in [-0.3, -0.25) is 0 Å². The SMILES string of the molecule is CNc1cccc(C#CCNC(=O)OC(C)(C)C)n1. The van der Waals surface area contributed by atoms with Crippen LogP contribution < -0.4 is 10.6 Å². The molecule has 5 nitrogen and oxygen atoms in total. The number of hydrogen-bond acceptors (Lipinski definition) is 4. The number of carbonyl (C=O) groups excluding carboxylic acids is 1. The molecule has 1 rings (SSSR count). The molecule has 0 saturated heterocycles. The molecule has 2 N–H and O–H groups in total. The van der Waals surface area contributed by atoms with Crippen molar-refractivity contribution < 1.29 is 9.53 Å². The Kier molecular flexibility index (Phi) is 5.19. The average molecular weight is 261 g/mol. The number of carbonyl (C=O) groups is 1. The molecule has 0 atom stereocenters. The van der Waals surface area contributed by atoms with Crippen molar-refractivity contribution in [3.63, 3.8) is 0 Å². The van der Waals surface area contributed by atoms with Crippen LogP contribution in [0.4, 0.5) is 10.6 Å². The molecule has 0 aromatic carbocycles. The molecule has 19 heavy (non-hydrogen) atoms. The number of anilines is 1. The summed E-state index contributed by atoms with van der Waals surface area (Å²) in [6.45, 7) is 5.66. The van der Waals surface area contributed by atoms with Crippen LogP contribution in [0.25, 0.3) is 0 Å². The summed E-state index contributed by atoms with van der Waals surface area (Å²) in [5.74, 6) is 6.44. The third-order valence-corrected chi connectivity index (χ3v) is 1.94. The second-order valence-corrected chi connectivity index (χ2v) is 4.82. The number of nitrogens with zero attached hydrogens (tertiary/aromatic N) is 1. The molecule has 5 heteroatoms. The zero-order valence-electron chi connectivity index (χ0n) is 11.7. The van der Waals surface area contributed by atoms with Crippen LogP contribution in [0.15, 0.2) is 18.2 Å². The van der Waals surface area contributed by atoms with E-state index in [1.54, 1.807) is 13.1 Å². The molecular weight excluding hydrogens is 242 g/mol. The van der Waals surface area contributed by atoms with E-state index in [-0.39, 0.29) is 6.54 Å². The lowest BCUT2D eigenvalue weighted by Crippen LogP contribution is -2.32. The van der Waals surface area contributed by atoms with E-state index in [0.29, 0.717) is 5.69 Å². The van der Waals surface area contributed by atoms with Gasteiger partial charge in [-0.25, -0.2) is 9.78 Å². The standard InChI is InChI=1S/C14H19N3O2/c1-14(2,3)19-13(18)16-10-6-8-11-7-5-9-12(15-4)17-11/h5,7,9H,10H2,1-4H3,(H,15,17)(H,16,18). The molecule has 1 heterocycles. The number of rotatable bonds is 2. The van der Waals surface area contributed by atoms with Crippen molar-refractivity contribution in [2.75, 3.05) is 18.9 Å². The highest BCUT2D eigenvalue weighted by Crippen LogP contribution is 2.06. The average Bonchev–Trinajstić information content (AvgIpc) is 2.33. The maximum absolute atomic E-state index is 11.3. The van der Waals surface area contributed by atoms with Crippen LogP contribution in [0.5, 0.6) is 0 Å². The summed E-state index contributed by atoms with van der Waals surface area (Å²) in [5.41, 5.74) is 0.151. The Morgan fingerprint density at radius 2 is 2.16 bits per heavy atom. The minimum Gasteiger partial charge on any atom is -0.444 e. The zero-order chi connectivity index (χ0) is 14.3. The topological polar surface area (TPSA) is 63.2 Å². The minimum atomic E-state index is -0.500. The third kappa shape index (κ3) is 6.32. The Balaban J connectivity index is 2.45. The summed E-state index contributed by atoms with van der Waals surface area (Å²) < 4.78 is 5.08. The molecule has 0 saturated carbocycles. The molecule has 1 aromatic heterocycles. The van der Waals surface area contributed by atoms with Crippen LogP contribution in [0.2, 0.25) is 0 Å². The normalized spacial score (nSPS) is 10.1. The summed E-state index contributed by atoms with van der Waals surface area (Å²) in [6.07, 6.45) is -0.473. The lowest BCUT2D eigenvalue weighted by molar-refractivity contribution is 0.0535. The van der Waals surface area contributed by atoms with Crippen LogP contribution in [-0.2, 0) is 4.74 Å². The highest BCUT2D eigenvalue weighted by Gasteiger charge is 2.14. The summed E-state index contributed by atoms with van der Waals surface area (Å²) in [5, 5.41) is 5.49. The van der Waals surface area contributed by atoms with Crippen molar-refractivity contribution in [1.82, 2.24) is 10.3 Å². The molecule has 0 unspecified atom stereocenters. The predicted molar refractivity (Wildman–Crippen MR) is 74.9 cm³/mol. The van der Waals surface area contributed by atoms with Crippen molar-refractivity contribution in [2.45, 2.75) is 26.4 Å². The van der Waals surface area contributed by atoms with E-state index in [1.807, 2.05) is 32.9 Å². The van der Waals surface area contributed by atoms with Gasteiger partial charge in [-0.2, -0.15) is 0 Å². The minimum absolute atomic E-state index is 0.223. The molecule has 0 bridgehead atoms. The van der Waals surface area contributed by atoms with Crippen LogP contribution in [-0.4, -0.2) is 30.3 Å². The summed E-state index contributed by atoms with van der Waals surface area (Å²) in [4.78, 5) is 15.6. The summed E-state index contributed by atoms with van der Waals surface area (Å²) in [6, 6.07) is 5.52. The van der Waals surface area contributed by atoms with Crippen molar-refractivity contribution in [2.24, 2.45) is 0 Å². The van der Waals surface area contributed by atoms with Gasteiger partial charge < -0.3 is 15.4 Å². The first-order valence-corrected chi connectivity index (χ1v) is 6.01. The largest absolute Gasteiger partial charge is 0.444 e. The molecule has 102 valence electrons. The Bertz CT molecular complexity index is 495.